The van der Waals surface area contributed by atoms with E-state index in [-0.39, 0.29) is 23.0 Å². The fourth-order valence-corrected chi connectivity index (χ4v) is 3.82. The van der Waals surface area contributed by atoms with E-state index in [2.05, 4.69) is 26.1 Å². The molecule has 0 saturated carbocycles. The molecule has 9 nitrogen and oxygen atoms in total. The summed E-state index contributed by atoms with van der Waals surface area (Å²) in [5, 5.41) is 26.1. The summed E-state index contributed by atoms with van der Waals surface area (Å²) in [5.41, 5.74) is 1.90. The minimum absolute atomic E-state index is 0.174. The lowest BCUT2D eigenvalue weighted by atomic mass is 10.1. The van der Waals surface area contributed by atoms with Crippen molar-refractivity contribution in [2.45, 2.75) is 6.42 Å². The Bertz CT molecular complexity index is 1600. The second-order valence-corrected chi connectivity index (χ2v) is 8.03. The lowest BCUT2D eigenvalue weighted by molar-refractivity contribution is 0.102. The van der Waals surface area contributed by atoms with Crippen LogP contribution in [0.25, 0.3) is 10.9 Å². The number of fused-ring (bicyclic) bond motifs is 1. The van der Waals surface area contributed by atoms with Crippen molar-refractivity contribution in [1.29, 1.82) is 0 Å². The number of carbonyl (C=O) groups is 1. The van der Waals surface area contributed by atoms with Gasteiger partial charge in [0.05, 0.1) is 5.52 Å². The molecule has 5 aromatic rings. The highest BCUT2D eigenvalue weighted by molar-refractivity contribution is 6.08. The number of phenolic OH excluding ortho intramolecular Hbond substituents is 1. The Morgan fingerprint density at radius 3 is 2.51 bits per heavy atom. The zero-order chi connectivity index (χ0) is 24.4. The molecule has 9 heteroatoms. The van der Waals surface area contributed by atoms with E-state index in [1.807, 2.05) is 12.1 Å². The smallest absolute Gasteiger partial charge is 0.256 e. The molecule has 1 heterocycles. The minimum Gasteiger partial charge on any atom is -0.508 e. The maximum atomic E-state index is 12.5. The fraction of sp³-hybridized carbons (Fsp3) is 0.0769. The Morgan fingerprint density at radius 2 is 1.71 bits per heavy atom. The average molecular weight is 467 g/mol. The van der Waals surface area contributed by atoms with Gasteiger partial charge in [-0.3, -0.25) is 19.5 Å². The van der Waals surface area contributed by atoms with Crippen LogP contribution in [0.5, 0.6) is 5.75 Å². The molecule has 0 fully saturated rings. The Morgan fingerprint density at radius 1 is 0.914 bits per heavy atom. The summed E-state index contributed by atoms with van der Waals surface area (Å²) < 4.78 is 0. The van der Waals surface area contributed by atoms with Gasteiger partial charge in [-0.2, -0.15) is 5.10 Å². The third-order valence-electron chi connectivity index (χ3n) is 5.64. The highest BCUT2D eigenvalue weighted by atomic mass is 16.3. The molecule has 1 amide bonds. The van der Waals surface area contributed by atoms with Crippen LogP contribution in [0, 0.1) is 0 Å². The fourth-order valence-electron chi connectivity index (χ4n) is 3.82. The Kier molecular flexibility index (Phi) is 5.72. The number of hydrogen-bond donors (Lipinski definition) is 5. The van der Waals surface area contributed by atoms with Crippen molar-refractivity contribution in [2.24, 2.45) is 0 Å². The van der Waals surface area contributed by atoms with E-state index in [0.29, 0.717) is 40.9 Å². The van der Waals surface area contributed by atoms with E-state index < -0.39 is 10.9 Å². The normalized spacial score (nSPS) is 11.0. The predicted octanol–water partition coefficient (Wildman–Crippen LogP) is 3.52. The lowest BCUT2D eigenvalue weighted by Gasteiger charge is -2.15. The van der Waals surface area contributed by atoms with Crippen LogP contribution in [0.2, 0.25) is 0 Å². The molecule has 5 rings (SSSR count). The number of phenols is 1. The molecule has 35 heavy (non-hydrogen) atoms. The van der Waals surface area contributed by atoms with E-state index in [1.54, 1.807) is 60.7 Å². The molecule has 5 N–H and O–H groups in total. The molecule has 4 aromatic carbocycles. The van der Waals surface area contributed by atoms with Gasteiger partial charge in [0.1, 0.15) is 17.1 Å². The number of aromatic hydroxyl groups is 1. The molecule has 0 atom stereocenters. The van der Waals surface area contributed by atoms with Gasteiger partial charge in [-0.1, -0.05) is 30.3 Å². The van der Waals surface area contributed by atoms with Gasteiger partial charge in [-0.25, -0.2) is 0 Å². The average Bonchev–Trinajstić information content (AvgIpc) is 3.27. The van der Waals surface area contributed by atoms with Crippen LogP contribution in [0.3, 0.4) is 0 Å². The van der Waals surface area contributed by atoms with E-state index >= 15 is 0 Å². The molecular formula is C26H21N5O4. The van der Waals surface area contributed by atoms with Gasteiger partial charge >= 0.3 is 0 Å². The van der Waals surface area contributed by atoms with Crippen molar-refractivity contribution in [1.82, 2.24) is 10.2 Å². The first kappa shape index (κ1) is 21.9. The minimum atomic E-state index is -0.602. The largest absolute Gasteiger partial charge is 0.508 e. The van der Waals surface area contributed by atoms with Crippen molar-refractivity contribution in [3.63, 3.8) is 0 Å². The molecule has 0 saturated heterocycles. The van der Waals surface area contributed by atoms with Crippen LogP contribution in [-0.2, 0) is 6.42 Å². The number of aromatic nitrogens is 2. The Hall–Kier alpha value is -4.92. The van der Waals surface area contributed by atoms with Crippen LogP contribution in [-0.4, -0.2) is 27.8 Å². The van der Waals surface area contributed by atoms with Gasteiger partial charge in [-0.15, -0.1) is 0 Å². The quantitative estimate of drug-likeness (QED) is 0.220. The summed E-state index contributed by atoms with van der Waals surface area (Å²) in [6.07, 6.45) is 0.568. The van der Waals surface area contributed by atoms with Gasteiger partial charge in [-0.05, 0) is 54.4 Å². The van der Waals surface area contributed by atoms with E-state index in [9.17, 15) is 19.5 Å². The summed E-state index contributed by atoms with van der Waals surface area (Å²) in [6.45, 7) is 0.416. The van der Waals surface area contributed by atoms with Crippen molar-refractivity contribution in [3.8, 4) is 5.75 Å². The lowest BCUT2D eigenvalue weighted by Crippen LogP contribution is -2.37. The number of nitrogens with one attached hydrogen (secondary N) is 4. The molecule has 1 aromatic heterocycles. The monoisotopic (exact) mass is 467 g/mol. The molecule has 0 aliphatic carbocycles. The molecule has 0 bridgehead atoms. The number of H-pyrrole nitrogens is 1. The van der Waals surface area contributed by atoms with Gasteiger partial charge in [0.25, 0.3) is 16.8 Å². The number of hydrogen-bond acceptors (Lipinski definition) is 7. The first-order valence-corrected chi connectivity index (χ1v) is 11.0. The third-order valence-corrected chi connectivity index (χ3v) is 5.64. The summed E-state index contributed by atoms with van der Waals surface area (Å²) in [5.74, 6) is 0.234. The molecule has 0 spiro atoms. The number of aromatic amines is 1. The van der Waals surface area contributed by atoms with Crippen LogP contribution in [0.15, 0.2) is 82.4 Å². The van der Waals surface area contributed by atoms with Crippen molar-refractivity contribution < 1.29 is 9.90 Å². The number of amides is 1. The summed E-state index contributed by atoms with van der Waals surface area (Å²) in [4.78, 5) is 36.9. The van der Waals surface area contributed by atoms with E-state index in [1.165, 1.54) is 0 Å². The van der Waals surface area contributed by atoms with Crippen LogP contribution >= 0.6 is 0 Å². The second kappa shape index (κ2) is 9.14. The van der Waals surface area contributed by atoms with Gasteiger partial charge in [0.2, 0.25) is 0 Å². The van der Waals surface area contributed by atoms with E-state index in [4.69, 9.17) is 0 Å². The molecule has 0 radical (unpaired) electrons. The zero-order valence-corrected chi connectivity index (χ0v) is 18.5. The topological polar surface area (TPSA) is 136 Å². The highest BCUT2D eigenvalue weighted by Crippen LogP contribution is 2.27. The molecular weight excluding hydrogens is 446 g/mol. The highest BCUT2D eigenvalue weighted by Gasteiger charge is 2.21. The van der Waals surface area contributed by atoms with Crippen molar-refractivity contribution >= 4 is 39.7 Å². The van der Waals surface area contributed by atoms with Crippen LogP contribution in [0.1, 0.15) is 15.9 Å². The Labute approximate surface area is 199 Å². The third kappa shape index (κ3) is 4.47. The van der Waals surface area contributed by atoms with Gasteiger partial charge in [0.15, 0.2) is 5.82 Å². The maximum Gasteiger partial charge on any atom is 0.256 e. The van der Waals surface area contributed by atoms with E-state index in [0.717, 1.165) is 5.56 Å². The Balaban J connectivity index is 1.31. The standard InChI is InChI=1S/C26H21N5O4/c32-18-8-4-5-15(13-18)11-12-27-21-22(24(34)23(21)33)28-17-9-10-20-19(14-17)25(31-30-20)29-26(35)16-6-2-1-3-7-16/h1-10,13-14,27-28,32H,11-12H2,(H2,29,30,31,35). The molecule has 0 aliphatic heterocycles. The molecule has 174 valence electrons. The van der Waals surface area contributed by atoms with Crippen LogP contribution < -0.4 is 26.8 Å². The zero-order valence-electron chi connectivity index (χ0n) is 18.5. The molecule has 0 aliphatic rings. The van der Waals surface area contributed by atoms with Crippen LogP contribution in [0.4, 0.5) is 22.9 Å². The first-order valence-electron chi connectivity index (χ1n) is 11.0. The summed E-state index contributed by atoms with van der Waals surface area (Å²) >= 11 is 0. The summed E-state index contributed by atoms with van der Waals surface area (Å²) in [6, 6.07) is 20.9. The number of anilines is 4. The maximum absolute atomic E-state index is 12.5. The number of carbonyl (C=O) groups excluding carboxylic acids is 1. The van der Waals surface area contributed by atoms with Crippen molar-refractivity contribution in [2.75, 3.05) is 22.5 Å². The molecule has 0 unspecified atom stereocenters. The van der Waals surface area contributed by atoms with Gasteiger partial charge in [0, 0.05) is 23.2 Å². The number of rotatable bonds is 8. The summed E-state index contributed by atoms with van der Waals surface area (Å²) in [7, 11) is 0. The number of nitrogens with zero attached hydrogens (tertiary/aromatic N) is 1. The van der Waals surface area contributed by atoms with Gasteiger partial charge < -0.3 is 21.1 Å². The predicted molar refractivity (Wildman–Crippen MR) is 135 cm³/mol. The van der Waals surface area contributed by atoms with Crippen molar-refractivity contribution in [3.05, 3.63) is 104 Å². The second-order valence-electron chi connectivity index (χ2n) is 8.03. The first-order chi connectivity index (χ1) is 17.0. The number of benzene rings is 3. The SMILES string of the molecule is O=C(Nc1n[nH]c2ccc(Nc3c(NCCc4cccc(O)c4)c(=O)c3=O)cc12)c1ccccc1.